The number of carbonyl (C=O) groups is 3. The summed E-state index contributed by atoms with van der Waals surface area (Å²) in [6.45, 7) is 7.54. The van der Waals surface area contributed by atoms with Crippen LogP contribution < -0.4 is 15.5 Å². The monoisotopic (exact) mass is 576 g/mol. The van der Waals surface area contributed by atoms with E-state index in [-0.39, 0.29) is 12.5 Å². The number of anilines is 3. The molecule has 10 heteroatoms. The summed E-state index contributed by atoms with van der Waals surface area (Å²) < 4.78 is 5.24. The molecule has 1 aliphatic carbocycles. The lowest BCUT2D eigenvalue weighted by Crippen LogP contribution is -2.31. The maximum Gasteiger partial charge on any atom is 0.413 e. The predicted octanol–water partition coefficient (Wildman–Crippen LogP) is 7.49. The quantitative estimate of drug-likeness (QED) is 0.255. The van der Waals surface area contributed by atoms with Gasteiger partial charge in [-0.15, -0.1) is 11.3 Å². The van der Waals surface area contributed by atoms with E-state index in [1.807, 2.05) is 6.92 Å². The number of allylic oxidation sites excluding steroid dienone is 1. The SMILES string of the molecule is Cc1ccc(C2=C(C(=O)Nc3ccc(N(CCc4csc(NC(=O)OC(C)(C)C)n4)C(=O)O)cc3)CCCC2)cc1. The van der Waals surface area contributed by atoms with Crippen molar-refractivity contribution in [1.82, 2.24) is 4.98 Å². The van der Waals surface area contributed by atoms with Crippen molar-refractivity contribution in [3.8, 4) is 0 Å². The number of benzene rings is 2. The fraction of sp³-hybridized carbons (Fsp3) is 0.355. The maximum atomic E-state index is 13.2. The molecule has 0 spiro atoms. The van der Waals surface area contributed by atoms with Crippen LogP contribution >= 0.6 is 11.3 Å². The van der Waals surface area contributed by atoms with Crippen LogP contribution in [0, 0.1) is 6.92 Å². The van der Waals surface area contributed by atoms with Crippen LogP contribution in [0.2, 0.25) is 0 Å². The van der Waals surface area contributed by atoms with Crippen molar-refractivity contribution in [3.05, 3.63) is 76.3 Å². The number of amides is 3. The van der Waals surface area contributed by atoms with E-state index in [1.54, 1.807) is 50.4 Å². The molecule has 3 aromatic rings. The first-order chi connectivity index (χ1) is 19.5. The minimum atomic E-state index is -1.10. The lowest BCUT2D eigenvalue weighted by atomic mass is 9.86. The summed E-state index contributed by atoms with van der Waals surface area (Å²) in [6.07, 6.45) is 2.29. The number of thiazole rings is 1. The van der Waals surface area contributed by atoms with E-state index in [9.17, 15) is 19.5 Å². The summed E-state index contributed by atoms with van der Waals surface area (Å²) in [5.41, 5.74) is 5.27. The van der Waals surface area contributed by atoms with E-state index in [0.717, 1.165) is 42.4 Å². The van der Waals surface area contributed by atoms with Crippen molar-refractivity contribution in [2.75, 3.05) is 22.1 Å². The topological polar surface area (TPSA) is 121 Å². The van der Waals surface area contributed by atoms with Gasteiger partial charge in [-0.2, -0.15) is 0 Å². The smallest absolute Gasteiger partial charge is 0.413 e. The minimum absolute atomic E-state index is 0.123. The Kier molecular flexibility index (Phi) is 9.44. The normalized spacial score (nSPS) is 13.5. The Morgan fingerprint density at radius 1 is 1.00 bits per heavy atom. The second-order valence-electron chi connectivity index (χ2n) is 11.0. The predicted molar refractivity (Wildman–Crippen MR) is 163 cm³/mol. The van der Waals surface area contributed by atoms with Gasteiger partial charge in [0.2, 0.25) is 0 Å². The summed E-state index contributed by atoms with van der Waals surface area (Å²) >= 11 is 1.25. The molecule has 4 rings (SSSR count). The number of ether oxygens (including phenoxy) is 1. The number of nitrogens with zero attached hydrogens (tertiary/aromatic N) is 2. The van der Waals surface area contributed by atoms with Crippen molar-refractivity contribution < 1.29 is 24.2 Å². The number of rotatable bonds is 8. The Morgan fingerprint density at radius 2 is 1.68 bits per heavy atom. The lowest BCUT2D eigenvalue weighted by molar-refractivity contribution is -0.113. The van der Waals surface area contributed by atoms with E-state index in [0.29, 0.717) is 28.6 Å². The zero-order valence-electron chi connectivity index (χ0n) is 23.8. The first kappa shape index (κ1) is 29.8. The van der Waals surface area contributed by atoms with Gasteiger partial charge in [-0.3, -0.25) is 15.0 Å². The molecule has 1 aliphatic rings. The third-order valence-electron chi connectivity index (χ3n) is 6.56. The molecule has 1 heterocycles. The molecule has 0 fully saturated rings. The molecule has 0 aliphatic heterocycles. The zero-order valence-corrected chi connectivity index (χ0v) is 24.6. The Labute approximate surface area is 244 Å². The zero-order chi connectivity index (χ0) is 29.6. The second-order valence-corrected chi connectivity index (χ2v) is 11.8. The van der Waals surface area contributed by atoms with Gasteiger partial charge in [-0.25, -0.2) is 14.6 Å². The highest BCUT2D eigenvalue weighted by Gasteiger charge is 2.21. The summed E-state index contributed by atoms with van der Waals surface area (Å²) in [7, 11) is 0. The van der Waals surface area contributed by atoms with Gasteiger partial charge < -0.3 is 15.2 Å². The number of nitrogens with one attached hydrogen (secondary N) is 2. The molecule has 3 N–H and O–H groups in total. The second kappa shape index (κ2) is 13.0. The highest BCUT2D eigenvalue weighted by atomic mass is 32.1. The first-order valence-electron chi connectivity index (χ1n) is 13.6. The van der Waals surface area contributed by atoms with Crippen LogP contribution in [-0.2, 0) is 16.0 Å². The highest BCUT2D eigenvalue weighted by Crippen LogP contribution is 2.33. The fourth-order valence-electron chi connectivity index (χ4n) is 4.59. The van der Waals surface area contributed by atoms with Crippen molar-refractivity contribution in [2.45, 2.75) is 65.4 Å². The lowest BCUT2D eigenvalue weighted by Gasteiger charge is -2.21. The van der Waals surface area contributed by atoms with Gasteiger partial charge in [0.1, 0.15) is 5.60 Å². The molecule has 3 amide bonds. The Morgan fingerprint density at radius 3 is 2.34 bits per heavy atom. The maximum absolute atomic E-state index is 13.2. The molecule has 41 heavy (non-hydrogen) atoms. The van der Waals surface area contributed by atoms with Gasteiger partial charge in [-0.05, 0) is 88.8 Å². The van der Waals surface area contributed by atoms with Gasteiger partial charge in [0.25, 0.3) is 5.91 Å². The molecule has 0 radical (unpaired) electrons. The average molecular weight is 577 g/mol. The van der Waals surface area contributed by atoms with Gasteiger partial charge in [0, 0.05) is 35.3 Å². The van der Waals surface area contributed by atoms with Crippen molar-refractivity contribution >= 4 is 51.5 Å². The van der Waals surface area contributed by atoms with E-state index in [4.69, 9.17) is 4.74 Å². The number of aromatic nitrogens is 1. The Hall–Kier alpha value is -4.18. The third kappa shape index (κ3) is 8.40. The molecule has 0 unspecified atom stereocenters. The van der Waals surface area contributed by atoms with Crippen LogP contribution in [0.15, 0.2) is 59.5 Å². The number of carboxylic acid groups (broad SMARTS) is 1. The summed E-state index contributed by atoms with van der Waals surface area (Å²) in [5.74, 6) is -0.123. The summed E-state index contributed by atoms with van der Waals surface area (Å²) in [4.78, 5) is 42.8. The Bertz CT molecular complexity index is 1420. The molecule has 0 saturated carbocycles. The van der Waals surface area contributed by atoms with Gasteiger partial charge in [0.15, 0.2) is 5.13 Å². The van der Waals surface area contributed by atoms with Crippen LogP contribution in [0.25, 0.3) is 5.57 Å². The number of hydrogen-bond acceptors (Lipinski definition) is 6. The van der Waals surface area contributed by atoms with E-state index < -0.39 is 17.8 Å². The van der Waals surface area contributed by atoms with Crippen molar-refractivity contribution in [2.24, 2.45) is 0 Å². The standard InChI is InChI=1S/C31H36N4O5S/c1-20-9-11-21(12-10-20)25-7-5-6-8-26(25)27(36)32-22-13-15-24(16-14-22)35(30(38)39)18-17-23-19-41-28(33-23)34-29(37)40-31(2,3)4/h9-16,19H,5-8,17-18H2,1-4H3,(H,32,36)(H,38,39)(H,33,34,37). The van der Waals surface area contributed by atoms with Crippen LogP contribution in [0.4, 0.5) is 26.1 Å². The van der Waals surface area contributed by atoms with Crippen LogP contribution in [0.3, 0.4) is 0 Å². The van der Waals surface area contributed by atoms with E-state index in [2.05, 4.69) is 39.9 Å². The first-order valence-corrected chi connectivity index (χ1v) is 14.5. The molecular formula is C31H36N4O5S. The van der Waals surface area contributed by atoms with Crippen molar-refractivity contribution in [1.29, 1.82) is 0 Å². The van der Waals surface area contributed by atoms with E-state index in [1.165, 1.54) is 21.8 Å². The molecule has 216 valence electrons. The molecule has 0 bridgehead atoms. The molecule has 0 atom stereocenters. The fourth-order valence-corrected chi connectivity index (χ4v) is 5.32. The highest BCUT2D eigenvalue weighted by molar-refractivity contribution is 7.13. The molecule has 1 aromatic heterocycles. The van der Waals surface area contributed by atoms with Gasteiger partial charge >= 0.3 is 12.2 Å². The van der Waals surface area contributed by atoms with Crippen LogP contribution in [-0.4, -0.2) is 40.3 Å². The number of hydrogen-bond donors (Lipinski definition) is 3. The Balaban J connectivity index is 1.38. The van der Waals surface area contributed by atoms with Crippen LogP contribution in [0.1, 0.15) is 63.3 Å². The number of carbonyl (C=O) groups excluding carboxylic acids is 2. The molecular weight excluding hydrogens is 540 g/mol. The summed E-state index contributed by atoms with van der Waals surface area (Å²) in [5, 5.41) is 17.6. The number of aryl methyl sites for hydroxylation is 1. The molecule has 0 saturated heterocycles. The van der Waals surface area contributed by atoms with E-state index >= 15 is 0 Å². The summed E-state index contributed by atoms with van der Waals surface area (Å²) in [6, 6.07) is 15.0. The minimum Gasteiger partial charge on any atom is -0.465 e. The molecule has 2 aromatic carbocycles. The van der Waals surface area contributed by atoms with Gasteiger partial charge in [-0.1, -0.05) is 29.8 Å². The van der Waals surface area contributed by atoms with Crippen LogP contribution in [0.5, 0.6) is 0 Å². The van der Waals surface area contributed by atoms with Gasteiger partial charge in [0.05, 0.1) is 5.69 Å². The third-order valence-corrected chi connectivity index (χ3v) is 7.37. The van der Waals surface area contributed by atoms with Crippen molar-refractivity contribution in [3.63, 3.8) is 0 Å². The molecule has 9 nitrogen and oxygen atoms in total. The largest absolute Gasteiger partial charge is 0.465 e. The average Bonchev–Trinajstić information content (AvgIpc) is 3.35.